The maximum atomic E-state index is 12.8. The summed E-state index contributed by atoms with van der Waals surface area (Å²) in [5.41, 5.74) is 0.446. The Labute approximate surface area is 146 Å². The van der Waals surface area contributed by atoms with Gasteiger partial charge in [0.2, 0.25) is 15.9 Å². The van der Waals surface area contributed by atoms with Crippen LogP contribution in [0, 0.1) is 0 Å². The summed E-state index contributed by atoms with van der Waals surface area (Å²) >= 11 is 1.84. The van der Waals surface area contributed by atoms with Crippen LogP contribution in [0.3, 0.4) is 0 Å². The fourth-order valence-electron chi connectivity index (χ4n) is 2.80. The molecule has 1 aromatic heterocycles. The van der Waals surface area contributed by atoms with Gasteiger partial charge in [-0.15, -0.1) is 0 Å². The lowest BCUT2D eigenvalue weighted by molar-refractivity contribution is 0.0690. The summed E-state index contributed by atoms with van der Waals surface area (Å²) in [7, 11) is -3.21. The predicted molar refractivity (Wildman–Crippen MR) is 92.9 cm³/mol. The summed E-state index contributed by atoms with van der Waals surface area (Å²) in [5.74, 6) is 2.20. The molecule has 7 nitrogen and oxygen atoms in total. The third-order valence-electron chi connectivity index (χ3n) is 4.16. The van der Waals surface area contributed by atoms with Gasteiger partial charge in [0.1, 0.15) is 11.7 Å². The molecule has 0 aliphatic carbocycles. The molecule has 0 spiro atoms. The van der Waals surface area contributed by atoms with Crippen LogP contribution in [0.4, 0.5) is 0 Å². The summed E-state index contributed by atoms with van der Waals surface area (Å²) in [4.78, 5) is 18.7. The average molecular weight is 371 g/mol. The van der Waals surface area contributed by atoms with E-state index in [1.165, 1.54) is 10.6 Å². The van der Waals surface area contributed by atoms with Gasteiger partial charge in [0, 0.05) is 38.1 Å². The highest BCUT2D eigenvalue weighted by molar-refractivity contribution is 7.99. The fourth-order valence-corrected chi connectivity index (χ4v) is 4.72. The molecule has 1 amide bonds. The molecule has 2 saturated heterocycles. The maximum absolute atomic E-state index is 12.8. The first-order valence-electron chi connectivity index (χ1n) is 7.89. The third-order valence-corrected chi connectivity index (χ3v) is 6.60. The van der Waals surface area contributed by atoms with E-state index in [1.807, 2.05) is 11.8 Å². The van der Waals surface area contributed by atoms with Crippen LogP contribution in [-0.2, 0) is 10.0 Å². The van der Waals surface area contributed by atoms with Crippen molar-refractivity contribution < 1.29 is 17.9 Å². The van der Waals surface area contributed by atoms with E-state index in [-0.39, 0.29) is 12.0 Å². The largest absolute Gasteiger partial charge is 0.473 e. The number of nitrogens with zero attached hydrogens (tertiary/aromatic N) is 3. The number of carbonyl (C=O) groups is 1. The lowest BCUT2D eigenvalue weighted by atomic mass is 10.2. The standard InChI is InChI=1S/C15H21N3O4S2/c1-24(20,21)18-8-6-17(7-9-18)15(19)13-3-2-5-16-14(13)22-12-4-10-23-11-12/h2-3,5,12H,4,6-11H2,1H3. The highest BCUT2D eigenvalue weighted by Crippen LogP contribution is 2.25. The van der Waals surface area contributed by atoms with Gasteiger partial charge in [0.05, 0.1) is 6.26 Å². The van der Waals surface area contributed by atoms with Crippen molar-refractivity contribution in [2.45, 2.75) is 12.5 Å². The van der Waals surface area contributed by atoms with Crippen molar-refractivity contribution in [2.75, 3.05) is 43.9 Å². The molecule has 9 heteroatoms. The predicted octanol–water partition coefficient (Wildman–Crippen LogP) is 0.683. The molecule has 3 heterocycles. The van der Waals surface area contributed by atoms with Crippen LogP contribution in [0.1, 0.15) is 16.8 Å². The second kappa shape index (κ2) is 7.28. The van der Waals surface area contributed by atoms with Gasteiger partial charge in [0.25, 0.3) is 5.91 Å². The van der Waals surface area contributed by atoms with E-state index in [1.54, 1.807) is 23.2 Å². The van der Waals surface area contributed by atoms with E-state index >= 15 is 0 Å². The molecule has 1 unspecified atom stereocenters. The van der Waals surface area contributed by atoms with Crippen LogP contribution in [0.25, 0.3) is 0 Å². The van der Waals surface area contributed by atoms with Crippen LogP contribution in [0.5, 0.6) is 5.88 Å². The average Bonchev–Trinajstić information content (AvgIpc) is 3.07. The first-order chi connectivity index (χ1) is 11.4. The number of ether oxygens (including phenoxy) is 1. The molecule has 2 fully saturated rings. The summed E-state index contributed by atoms with van der Waals surface area (Å²) in [6, 6.07) is 3.44. The topological polar surface area (TPSA) is 79.8 Å². The number of hydrogen-bond donors (Lipinski definition) is 0. The number of thioether (sulfide) groups is 1. The zero-order valence-corrected chi connectivity index (χ0v) is 15.2. The molecule has 0 bridgehead atoms. The van der Waals surface area contributed by atoms with E-state index in [4.69, 9.17) is 4.74 Å². The van der Waals surface area contributed by atoms with E-state index < -0.39 is 10.0 Å². The van der Waals surface area contributed by atoms with Crippen molar-refractivity contribution >= 4 is 27.7 Å². The Hall–Kier alpha value is -1.32. The van der Waals surface area contributed by atoms with Gasteiger partial charge in [-0.05, 0) is 24.3 Å². The van der Waals surface area contributed by atoms with Crippen molar-refractivity contribution in [3.8, 4) is 5.88 Å². The van der Waals surface area contributed by atoms with Crippen LogP contribution >= 0.6 is 11.8 Å². The Kier molecular flexibility index (Phi) is 5.31. The van der Waals surface area contributed by atoms with Crippen molar-refractivity contribution in [2.24, 2.45) is 0 Å². The van der Waals surface area contributed by atoms with Crippen molar-refractivity contribution in [1.82, 2.24) is 14.2 Å². The van der Waals surface area contributed by atoms with E-state index in [0.29, 0.717) is 37.6 Å². The molecule has 1 aromatic rings. The molecule has 0 saturated carbocycles. The molecule has 24 heavy (non-hydrogen) atoms. The van der Waals surface area contributed by atoms with Crippen molar-refractivity contribution in [1.29, 1.82) is 0 Å². The number of rotatable bonds is 4. The summed E-state index contributed by atoms with van der Waals surface area (Å²) in [6.07, 6.45) is 3.87. The first kappa shape index (κ1) is 17.5. The van der Waals surface area contributed by atoms with Crippen LogP contribution in [0.2, 0.25) is 0 Å². The molecule has 1 atom stereocenters. The Bertz CT molecular complexity index is 696. The molecular formula is C15H21N3O4S2. The van der Waals surface area contributed by atoms with Crippen LogP contribution in [-0.4, -0.2) is 78.6 Å². The second-order valence-corrected chi connectivity index (χ2v) is 9.05. The number of sulfonamides is 1. The monoisotopic (exact) mass is 371 g/mol. The Morgan fingerprint density at radius 2 is 2.08 bits per heavy atom. The highest BCUT2D eigenvalue weighted by atomic mass is 32.2. The molecule has 3 rings (SSSR count). The summed E-state index contributed by atoms with van der Waals surface area (Å²) in [6.45, 7) is 1.39. The number of piperazine rings is 1. The smallest absolute Gasteiger partial charge is 0.259 e. The molecule has 0 radical (unpaired) electrons. The van der Waals surface area contributed by atoms with Gasteiger partial charge in [-0.25, -0.2) is 13.4 Å². The van der Waals surface area contributed by atoms with E-state index in [0.717, 1.165) is 17.9 Å². The quantitative estimate of drug-likeness (QED) is 0.775. The highest BCUT2D eigenvalue weighted by Gasteiger charge is 2.29. The van der Waals surface area contributed by atoms with E-state index in [9.17, 15) is 13.2 Å². The van der Waals surface area contributed by atoms with Crippen LogP contribution in [0.15, 0.2) is 18.3 Å². The maximum Gasteiger partial charge on any atom is 0.259 e. The van der Waals surface area contributed by atoms with Gasteiger partial charge in [-0.3, -0.25) is 4.79 Å². The summed E-state index contributed by atoms with van der Waals surface area (Å²) < 4.78 is 30.4. The number of hydrogen-bond acceptors (Lipinski definition) is 6. The van der Waals surface area contributed by atoms with Crippen molar-refractivity contribution in [3.05, 3.63) is 23.9 Å². The number of pyridine rings is 1. The Balaban J connectivity index is 1.69. The number of amides is 1. The number of aromatic nitrogens is 1. The van der Waals surface area contributed by atoms with Gasteiger partial charge >= 0.3 is 0 Å². The molecule has 2 aliphatic heterocycles. The SMILES string of the molecule is CS(=O)(=O)N1CCN(C(=O)c2cccnc2OC2CCSC2)CC1. The minimum absolute atomic E-state index is 0.0959. The zero-order valence-electron chi connectivity index (χ0n) is 13.6. The summed E-state index contributed by atoms with van der Waals surface area (Å²) in [5, 5.41) is 0. The zero-order chi connectivity index (χ0) is 17.2. The lowest BCUT2D eigenvalue weighted by Gasteiger charge is -2.33. The molecular weight excluding hydrogens is 350 g/mol. The molecule has 0 aromatic carbocycles. The van der Waals surface area contributed by atoms with Gasteiger partial charge in [-0.1, -0.05) is 0 Å². The molecule has 132 valence electrons. The molecule has 0 N–H and O–H groups in total. The second-order valence-electron chi connectivity index (χ2n) is 5.91. The van der Waals surface area contributed by atoms with Gasteiger partial charge in [-0.2, -0.15) is 16.1 Å². The van der Waals surface area contributed by atoms with E-state index in [2.05, 4.69) is 4.98 Å². The fraction of sp³-hybridized carbons (Fsp3) is 0.600. The minimum Gasteiger partial charge on any atom is -0.473 e. The number of carbonyl (C=O) groups excluding carboxylic acids is 1. The Morgan fingerprint density at radius 1 is 1.33 bits per heavy atom. The first-order valence-corrected chi connectivity index (χ1v) is 10.9. The lowest BCUT2D eigenvalue weighted by Crippen LogP contribution is -2.50. The Morgan fingerprint density at radius 3 is 2.71 bits per heavy atom. The normalized spacial score (nSPS) is 22.5. The third kappa shape index (κ3) is 4.01. The minimum atomic E-state index is -3.21. The molecule has 2 aliphatic rings. The van der Waals surface area contributed by atoms with Gasteiger partial charge < -0.3 is 9.64 Å². The van der Waals surface area contributed by atoms with Crippen LogP contribution < -0.4 is 4.74 Å². The van der Waals surface area contributed by atoms with Crippen molar-refractivity contribution in [3.63, 3.8) is 0 Å². The van der Waals surface area contributed by atoms with Gasteiger partial charge in [0.15, 0.2) is 0 Å².